The van der Waals surface area contributed by atoms with Crippen LogP contribution in [0.25, 0.3) is 0 Å². The number of halogens is 4. The molecular formula is C10H5F4NO3. The van der Waals surface area contributed by atoms with Crippen LogP contribution in [-0.4, -0.2) is 19.4 Å². The van der Waals surface area contributed by atoms with Crippen LogP contribution in [0.2, 0.25) is 0 Å². The molecule has 0 amide bonds. The van der Waals surface area contributed by atoms with E-state index in [9.17, 15) is 22.4 Å². The first-order valence-corrected chi connectivity index (χ1v) is 4.36. The van der Waals surface area contributed by atoms with Gasteiger partial charge in [-0.05, 0) is 12.1 Å². The highest BCUT2D eigenvalue weighted by Gasteiger charge is 2.33. The lowest BCUT2D eigenvalue weighted by Gasteiger charge is -2.11. The van der Waals surface area contributed by atoms with Gasteiger partial charge in [-0.25, -0.2) is 9.18 Å². The summed E-state index contributed by atoms with van der Waals surface area (Å²) >= 11 is 0. The summed E-state index contributed by atoms with van der Waals surface area (Å²) in [7, 11) is 0.975. The minimum atomic E-state index is -5.10. The molecule has 0 bridgehead atoms. The van der Waals surface area contributed by atoms with Crippen molar-refractivity contribution >= 4 is 5.97 Å². The zero-order valence-electron chi connectivity index (χ0n) is 8.84. The first kappa shape index (κ1) is 13.8. The number of esters is 1. The van der Waals surface area contributed by atoms with Crippen LogP contribution in [0.4, 0.5) is 17.6 Å². The summed E-state index contributed by atoms with van der Waals surface area (Å²) in [4.78, 5) is 11.1. The van der Waals surface area contributed by atoms with Crippen LogP contribution >= 0.6 is 0 Å². The molecule has 0 aliphatic rings. The zero-order valence-corrected chi connectivity index (χ0v) is 8.84. The number of hydrogen-bond acceptors (Lipinski definition) is 4. The van der Waals surface area contributed by atoms with Crippen molar-refractivity contribution in [2.24, 2.45) is 0 Å². The average molecular weight is 263 g/mol. The Morgan fingerprint density at radius 2 is 2.00 bits per heavy atom. The van der Waals surface area contributed by atoms with Crippen LogP contribution in [0.3, 0.4) is 0 Å². The SMILES string of the molecule is COC(=O)c1cc(F)c(C#N)c(OC(F)(F)F)c1. The number of ether oxygens (including phenoxy) is 2. The third-order valence-corrected chi connectivity index (χ3v) is 1.81. The molecule has 0 N–H and O–H groups in total. The fourth-order valence-electron chi connectivity index (χ4n) is 1.13. The van der Waals surface area contributed by atoms with Crippen LogP contribution in [-0.2, 0) is 4.74 Å². The molecule has 0 fully saturated rings. The summed E-state index contributed by atoms with van der Waals surface area (Å²) in [6, 6.07) is 2.39. The van der Waals surface area contributed by atoms with Gasteiger partial charge >= 0.3 is 12.3 Å². The standard InChI is InChI=1S/C10H5F4NO3/c1-17-9(16)5-2-7(11)6(4-15)8(3-5)18-10(12,13)14/h2-3H,1H3. The summed E-state index contributed by atoms with van der Waals surface area (Å²) in [5, 5.41) is 8.53. The van der Waals surface area contributed by atoms with Crippen molar-refractivity contribution in [1.82, 2.24) is 0 Å². The third kappa shape index (κ3) is 3.10. The van der Waals surface area contributed by atoms with E-state index in [4.69, 9.17) is 5.26 Å². The fourth-order valence-corrected chi connectivity index (χ4v) is 1.13. The normalized spacial score (nSPS) is 10.7. The van der Waals surface area contributed by atoms with Gasteiger partial charge in [0.15, 0.2) is 5.75 Å². The van der Waals surface area contributed by atoms with E-state index in [0.717, 1.165) is 7.11 Å². The molecule has 1 aromatic carbocycles. The Labute approximate surface area is 98.3 Å². The fraction of sp³-hybridized carbons (Fsp3) is 0.200. The van der Waals surface area contributed by atoms with Crippen molar-refractivity contribution in [3.05, 3.63) is 29.1 Å². The quantitative estimate of drug-likeness (QED) is 0.607. The number of carbonyl (C=O) groups is 1. The lowest BCUT2D eigenvalue weighted by Crippen LogP contribution is -2.18. The van der Waals surface area contributed by atoms with E-state index in [1.807, 2.05) is 0 Å². The second-order valence-corrected chi connectivity index (χ2v) is 2.98. The van der Waals surface area contributed by atoms with Crippen LogP contribution in [0, 0.1) is 17.1 Å². The first-order chi connectivity index (χ1) is 8.28. The largest absolute Gasteiger partial charge is 0.573 e. The summed E-state index contributed by atoms with van der Waals surface area (Å²) in [5.74, 6) is -3.45. The van der Waals surface area contributed by atoms with Crippen LogP contribution in [0.5, 0.6) is 5.75 Å². The van der Waals surface area contributed by atoms with Crippen LogP contribution in [0.1, 0.15) is 15.9 Å². The van der Waals surface area contributed by atoms with E-state index >= 15 is 0 Å². The second kappa shape index (κ2) is 4.91. The highest BCUT2D eigenvalue weighted by molar-refractivity contribution is 5.90. The number of hydrogen-bond donors (Lipinski definition) is 0. The molecule has 0 aliphatic heterocycles. The number of rotatable bonds is 2. The molecule has 0 unspecified atom stereocenters. The number of methoxy groups -OCH3 is 1. The molecule has 18 heavy (non-hydrogen) atoms. The molecule has 0 spiro atoms. The Balaban J connectivity index is 3.33. The lowest BCUT2D eigenvalue weighted by molar-refractivity contribution is -0.274. The van der Waals surface area contributed by atoms with Gasteiger partial charge in [0.2, 0.25) is 0 Å². The molecule has 1 rings (SSSR count). The summed E-state index contributed by atoms with van der Waals surface area (Å²) in [6.45, 7) is 0. The van der Waals surface area contributed by atoms with Crippen LogP contribution < -0.4 is 4.74 Å². The number of nitriles is 1. The van der Waals surface area contributed by atoms with Crippen molar-refractivity contribution in [2.45, 2.75) is 6.36 Å². The van der Waals surface area contributed by atoms with E-state index in [1.54, 1.807) is 0 Å². The number of carbonyl (C=O) groups excluding carboxylic acids is 1. The maximum Gasteiger partial charge on any atom is 0.573 e. The minimum Gasteiger partial charge on any atom is -0.465 e. The molecule has 0 atom stereocenters. The average Bonchev–Trinajstić information content (AvgIpc) is 2.25. The van der Waals surface area contributed by atoms with Gasteiger partial charge in [0, 0.05) is 0 Å². The van der Waals surface area contributed by atoms with Gasteiger partial charge < -0.3 is 9.47 Å². The molecule has 0 radical (unpaired) electrons. The smallest absolute Gasteiger partial charge is 0.465 e. The molecule has 96 valence electrons. The monoisotopic (exact) mass is 263 g/mol. The summed E-state index contributed by atoms with van der Waals surface area (Å²) in [5.41, 5.74) is -1.44. The van der Waals surface area contributed by atoms with E-state index in [0.29, 0.717) is 12.1 Å². The van der Waals surface area contributed by atoms with Gasteiger partial charge in [0.05, 0.1) is 12.7 Å². The van der Waals surface area contributed by atoms with Gasteiger partial charge in [-0.15, -0.1) is 13.2 Å². The molecule has 0 saturated carbocycles. The van der Waals surface area contributed by atoms with E-state index in [-0.39, 0.29) is 0 Å². The third-order valence-electron chi connectivity index (χ3n) is 1.81. The van der Waals surface area contributed by atoms with Crippen LogP contribution in [0.15, 0.2) is 12.1 Å². The number of benzene rings is 1. The topological polar surface area (TPSA) is 59.3 Å². The predicted molar refractivity (Wildman–Crippen MR) is 49.1 cm³/mol. The Hall–Kier alpha value is -2.30. The Kier molecular flexibility index (Phi) is 3.76. The van der Waals surface area contributed by atoms with E-state index in [2.05, 4.69) is 9.47 Å². The van der Waals surface area contributed by atoms with Gasteiger partial charge in [0.25, 0.3) is 0 Å². The van der Waals surface area contributed by atoms with Gasteiger partial charge in [-0.3, -0.25) is 0 Å². The Morgan fingerprint density at radius 3 is 2.44 bits per heavy atom. The predicted octanol–water partition coefficient (Wildman–Crippen LogP) is 2.38. The molecule has 8 heteroatoms. The molecule has 0 saturated heterocycles. The van der Waals surface area contributed by atoms with Crippen molar-refractivity contribution in [3.8, 4) is 11.8 Å². The first-order valence-electron chi connectivity index (χ1n) is 4.36. The van der Waals surface area contributed by atoms with E-state index in [1.165, 1.54) is 6.07 Å². The van der Waals surface area contributed by atoms with Gasteiger partial charge in [0.1, 0.15) is 17.4 Å². The molecular weight excluding hydrogens is 258 g/mol. The van der Waals surface area contributed by atoms with Crippen molar-refractivity contribution in [1.29, 1.82) is 5.26 Å². The second-order valence-electron chi connectivity index (χ2n) is 2.98. The van der Waals surface area contributed by atoms with Gasteiger partial charge in [-0.1, -0.05) is 0 Å². The summed E-state index contributed by atoms with van der Waals surface area (Å²) < 4.78 is 57.1. The number of alkyl halides is 3. The van der Waals surface area contributed by atoms with E-state index < -0.39 is 35.0 Å². The molecule has 0 aromatic heterocycles. The highest BCUT2D eigenvalue weighted by atomic mass is 19.4. The summed E-state index contributed by atoms with van der Waals surface area (Å²) in [6.07, 6.45) is -5.10. The molecule has 4 nitrogen and oxygen atoms in total. The minimum absolute atomic E-state index is 0.492. The Morgan fingerprint density at radius 1 is 1.39 bits per heavy atom. The van der Waals surface area contributed by atoms with Crippen molar-refractivity contribution in [2.75, 3.05) is 7.11 Å². The van der Waals surface area contributed by atoms with Gasteiger partial charge in [-0.2, -0.15) is 5.26 Å². The molecule has 0 aliphatic carbocycles. The Bertz CT molecular complexity index is 519. The van der Waals surface area contributed by atoms with Crippen molar-refractivity contribution < 1.29 is 31.8 Å². The van der Waals surface area contributed by atoms with Crippen molar-refractivity contribution in [3.63, 3.8) is 0 Å². The lowest BCUT2D eigenvalue weighted by atomic mass is 10.1. The molecule has 0 heterocycles. The molecule has 1 aromatic rings. The highest BCUT2D eigenvalue weighted by Crippen LogP contribution is 2.29. The number of nitrogens with zero attached hydrogens (tertiary/aromatic N) is 1. The maximum absolute atomic E-state index is 13.3. The zero-order chi connectivity index (χ0) is 13.9. The maximum atomic E-state index is 13.3.